The van der Waals surface area contributed by atoms with Gasteiger partial charge in [-0.1, -0.05) is 36.4 Å². The van der Waals surface area contributed by atoms with Crippen molar-refractivity contribution in [2.75, 3.05) is 19.3 Å². The van der Waals surface area contributed by atoms with Gasteiger partial charge in [-0.3, -0.25) is 0 Å². The average molecular weight is 266 g/mol. The highest BCUT2D eigenvalue weighted by Gasteiger charge is 2.23. The van der Waals surface area contributed by atoms with Crippen molar-refractivity contribution >= 4 is 27.7 Å². The molecular weight excluding hydrogens is 246 g/mol. The standard InChI is InChI=1S/C10H20BrNS/c1-5-10(6-2,13-4)8-12-7-9(3)11/h12H,3,5-8H2,1-2,4H3. The Hall–Kier alpha value is 0.530. The third-order valence-electron chi connectivity index (χ3n) is 2.49. The van der Waals surface area contributed by atoms with Gasteiger partial charge in [-0.15, -0.1) is 0 Å². The van der Waals surface area contributed by atoms with Gasteiger partial charge in [-0.25, -0.2) is 0 Å². The van der Waals surface area contributed by atoms with E-state index in [1.807, 2.05) is 11.8 Å². The van der Waals surface area contributed by atoms with Gasteiger partial charge in [0.2, 0.25) is 0 Å². The largest absolute Gasteiger partial charge is 0.311 e. The van der Waals surface area contributed by atoms with Crippen LogP contribution in [0.2, 0.25) is 0 Å². The maximum atomic E-state index is 3.80. The van der Waals surface area contributed by atoms with Gasteiger partial charge in [-0.2, -0.15) is 11.8 Å². The first-order valence-corrected chi connectivity index (χ1v) is 6.71. The Bertz CT molecular complexity index is 147. The Morgan fingerprint density at radius 3 is 2.31 bits per heavy atom. The highest BCUT2D eigenvalue weighted by molar-refractivity contribution is 9.11. The van der Waals surface area contributed by atoms with Gasteiger partial charge in [0.15, 0.2) is 0 Å². The fourth-order valence-corrected chi connectivity index (χ4v) is 2.31. The molecule has 0 saturated carbocycles. The number of hydrogen-bond acceptors (Lipinski definition) is 2. The molecular formula is C10H20BrNS. The molecule has 0 aromatic rings. The van der Waals surface area contributed by atoms with Crippen LogP contribution in [0.1, 0.15) is 26.7 Å². The Morgan fingerprint density at radius 1 is 1.46 bits per heavy atom. The molecule has 0 aromatic heterocycles. The quantitative estimate of drug-likeness (QED) is 0.758. The summed E-state index contributed by atoms with van der Waals surface area (Å²) in [6, 6.07) is 0. The Morgan fingerprint density at radius 2 is 2.00 bits per heavy atom. The Labute approximate surface area is 94.9 Å². The normalized spacial score (nSPS) is 11.7. The number of nitrogens with one attached hydrogen (secondary N) is 1. The fraction of sp³-hybridized carbons (Fsp3) is 0.800. The molecule has 0 aliphatic rings. The van der Waals surface area contributed by atoms with Crippen LogP contribution in [-0.2, 0) is 0 Å². The summed E-state index contributed by atoms with van der Waals surface area (Å²) in [6.45, 7) is 10.2. The van der Waals surface area contributed by atoms with Crippen LogP contribution in [-0.4, -0.2) is 24.1 Å². The molecule has 3 heteroatoms. The summed E-state index contributed by atoms with van der Waals surface area (Å²) in [5.41, 5.74) is 0. The van der Waals surface area contributed by atoms with E-state index in [9.17, 15) is 0 Å². The summed E-state index contributed by atoms with van der Waals surface area (Å²) in [4.78, 5) is 0. The van der Waals surface area contributed by atoms with Crippen molar-refractivity contribution in [2.45, 2.75) is 31.4 Å². The number of halogens is 1. The van der Waals surface area contributed by atoms with E-state index in [2.05, 4.69) is 47.9 Å². The number of hydrogen-bond donors (Lipinski definition) is 1. The topological polar surface area (TPSA) is 12.0 Å². The summed E-state index contributed by atoms with van der Waals surface area (Å²) in [7, 11) is 0. The molecule has 0 bridgehead atoms. The van der Waals surface area contributed by atoms with Crippen LogP contribution in [0.25, 0.3) is 0 Å². The molecule has 0 fully saturated rings. The third-order valence-corrected chi connectivity index (χ3v) is 4.35. The zero-order chi connectivity index (χ0) is 10.3. The zero-order valence-corrected chi connectivity index (χ0v) is 11.2. The molecule has 0 heterocycles. The van der Waals surface area contributed by atoms with E-state index in [1.54, 1.807) is 0 Å². The minimum atomic E-state index is 0.405. The molecule has 0 aliphatic heterocycles. The van der Waals surface area contributed by atoms with Crippen molar-refractivity contribution < 1.29 is 0 Å². The van der Waals surface area contributed by atoms with E-state index >= 15 is 0 Å². The van der Waals surface area contributed by atoms with E-state index in [0.29, 0.717) is 4.75 Å². The fourth-order valence-electron chi connectivity index (χ4n) is 1.29. The minimum Gasteiger partial charge on any atom is -0.311 e. The maximum absolute atomic E-state index is 3.80. The van der Waals surface area contributed by atoms with Crippen molar-refractivity contribution in [1.82, 2.24) is 5.32 Å². The van der Waals surface area contributed by atoms with E-state index in [-0.39, 0.29) is 0 Å². The van der Waals surface area contributed by atoms with Gasteiger partial charge in [0.25, 0.3) is 0 Å². The predicted octanol–water partition coefficient (Wildman–Crippen LogP) is 3.41. The van der Waals surface area contributed by atoms with Crippen LogP contribution in [0, 0.1) is 0 Å². The molecule has 0 spiro atoms. The van der Waals surface area contributed by atoms with Crippen LogP contribution in [0.15, 0.2) is 11.1 Å². The minimum absolute atomic E-state index is 0.405. The molecule has 1 N–H and O–H groups in total. The highest BCUT2D eigenvalue weighted by atomic mass is 79.9. The van der Waals surface area contributed by atoms with Gasteiger partial charge < -0.3 is 5.32 Å². The van der Waals surface area contributed by atoms with Crippen LogP contribution in [0.3, 0.4) is 0 Å². The lowest BCUT2D eigenvalue weighted by atomic mass is 10.0. The molecule has 0 radical (unpaired) electrons. The molecule has 78 valence electrons. The van der Waals surface area contributed by atoms with Gasteiger partial charge in [0.1, 0.15) is 0 Å². The molecule has 0 aliphatic carbocycles. The average Bonchev–Trinajstić information content (AvgIpc) is 2.13. The van der Waals surface area contributed by atoms with Crippen molar-refractivity contribution in [1.29, 1.82) is 0 Å². The van der Waals surface area contributed by atoms with Gasteiger partial charge >= 0.3 is 0 Å². The summed E-state index contributed by atoms with van der Waals surface area (Å²) in [5, 5.41) is 3.41. The molecule has 13 heavy (non-hydrogen) atoms. The molecule has 0 amide bonds. The van der Waals surface area contributed by atoms with E-state index < -0.39 is 0 Å². The lowest BCUT2D eigenvalue weighted by molar-refractivity contribution is 0.509. The zero-order valence-electron chi connectivity index (χ0n) is 8.82. The van der Waals surface area contributed by atoms with Crippen molar-refractivity contribution in [3.05, 3.63) is 11.1 Å². The first-order valence-electron chi connectivity index (χ1n) is 4.69. The van der Waals surface area contributed by atoms with Crippen molar-refractivity contribution in [3.63, 3.8) is 0 Å². The molecule has 0 atom stereocenters. The first-order chi connectivity index (χ1) is 6.10. The lowest BCUT2D eigenvalue weighted by Crippen LogP contribution is -2.37. The van der Waals surface area contributed by atoms with Gasteiger partial charge in [-0.05, 0) is 19.1 Å². The molecule has 0 aromatic carbocycles. The van der Waals surface area contributed by atoms with E-state index in [0.717, 1.165) is 17.6 Å². The van der Waals surface area contributed by atoms with E-state index in [4.69, 9.17) is 0 Å². The lowest BCUT2D eigenvalue weighted by Gasteiger charge is -2.29. The van der Waals surface area contributed by atoms with Gasteiger partial charge in [0, 0.05) is 22.3 Å². The number of thioether (sulfide) groups is 1. The van der Waals surface area contributed by atoms with Crippen LogP contribution in [0.4, 0.5) is 0 Å². The predicted molar refractivity (Wildman–Crippen MR) is 67.8 cm³/mol. The van der Waals surface area contributed by atoms with Crippen LogP contribution in [0.5, 0.6) is 0 Å². The van der Waals surface area contributed by atoms with Crippen molar-refractivity contribution in [2.24, 2.45) is 0 Å². The number of rotatable bonds is 7. The second-order valence-electron chi connectivity index (χ2n) is 3.22. The summed E-state index contributed by atoms with van der Waals surface area (Å²) in [5.74, 6) is 0. The highest BCUT2D eigenvalue weighted by Crippen LogP contribution is 2.29. The third kappa shape index (κ3) is 5.08. The maximum Gasteiger partial charge on any atom is 0.0276 e. The first kappa shape index (κ1) is 13.5. The Balaban J connectivity index is 3.88. The smallest absolute Gasteiger partial charge is 0.0276 e. The summed E-state index contributed by atoms with van der Waals surface area (Å²) >= 11 is 5.31. The van der Waals surface area contributed by atoms with Crippen LogP contribution >= 0.6 is 27.7 Å². The molecule has 0 unspecified atom stereocenters. The molecule has 0 saturated heterocycles. The molecule has 1 nitrogen and oxygen atoms in total. The van der Waals surface area contributed by atoms with Crippen molar-refractivity contribution in [3.8, 4) is 0 Å². The van der Waals surface area contributed by atoms with Crippen LogP contribution < -0.4 is 5.32 Å². The van der Waals surface area contributed by atoms with Gasteiger partial charge in [0.05, 0.1) is 0 Å². The second-order valence-corrected chi connectivity index (χ2v) is 5.61. The Kier molecular flexibility index (Phi) is 7.19. The SMILES string of the molecule is C=C(Br)CNCC(CC)(CC)SC. The second kappa shape index (κ2) is 6.91. The monoisotopic (exact) mass is 265 g/mol. The molecule has 0 rings (SSSR count). The van der Waals surface area contributed by atoms with E-state index in [1.165, 1.54) is 12.8 Å². The summed E-state index contributed by atoms with van der Waals surface area (Å²) < 4.78 is 1.43. The summed E-state index contributed by atoms with van der Waals surface area (Å²) in [6.07, 6.45) is 4.62.